The molecule has 1 fully saturated rings. The Morgan fingerprint density at radius 2 is 1.89 bits per heavy atom. The minimum absolute atomic E-state index is 0.125. The zero-order valence-electron chi connectivity index (χ0n) is 20.2. The lowest BCUT2D eigenvalue weighted by atomic mass is 10.1. The molecule has 11 heteroatoms. The molecule has 5 rings (SSSR count). The van der Waals surface area contributed by atoms with Crippen molar-refractivity contribution in [3.8, 4) is 28.4 Å². The quantitative estimate of drug-likeness (QED) is 0.410. The molecule has 0 spiro atoms. The molecular weight excluding hydrogens is 480 g/mol. The molecule has 0 radical (unpaired) electrons. The third-order valence-corrected chi connectivity index (χ3v) is 8.08. The van der Waals surface area contributed by atoms with E-state index >= 15 is 0 Å². The number of nitrogens with one attached hydrogen (secondary N) is 2. The zero-order chi connectivity index (χ0) is 25.3. The number of rotatable bonds is 6. The van der Waals surface area contributed by atoms with Gasteiger partial charge in [-0.25, -0.2) is 13.4 Å². The molecule has 0 bridgehead atoms. The molecule has 2 aromatic carbocycles. The molecule has 188 valence electrons. The molecule has 0 amide bonds. The van der Waals surface area contributed by atoms with E-state index in [1.165, 1.54) is 21.1 Å². The molecule has 0 aliphatic carbocycles. The van der Waals surface area contributed by atoms with Crippen LogP contribution in [0.25, 0.3) is 33.7 Å². The summed E-state index contributed by atoms with van der Waals surface area (Å²) in [6.45, 7) is 4.41. The molecular formula is C25H28N6O4S. The first-order chi connectivity index (χ1) is 17.4. The van der Waals surface area contributed by atoms with Crippen LogP contribution >= 0.6 is 0 Å². The summed E-state index contributed by atoms with van der Waals surface area (Å²) in [7, 11) is -2.05. The molecule has 0 atom stereocenters. The van der Waals surface area contributed by atoms with Gasteiger partial charge in [-0.15, -0.1) is 0 Å². The van der Waals surface area contributed by atoms with E-state index < -0.39 is 10.0 Å². The van der Waals surface area contributed by atoms with E-state index in [4.69, 9.17) is 9.72 Å². The fraction of sp³-hybridized carbons (Fsp3) is 0.320. The largest absolute Gasteiger partial charge is 0.493 e. The van der Waals surface area contributed by atoms with Gasteiger partial charge >= 0.3 is 0 Å². The summed E-state index contributed by atoms with van der Waals surface area (Å²) in [4.78, 5) is 20.8. The predicted octanol–water partition coefficient (Wildman–Crippen LogP) is 2.37. The normalized spacial score (nSPS) is 15.2. The number of aryl methyl sites for hydroxylation is 1. The molecule has 0 saturated carbocycles. The van der Waals surface area contributed by atoms with Crippen LogP contribution in [0.1, 0.15) is 13.3 Å². The molecule has 3 heterocycles. The number of hydrogen-bond donors (Lipinski definition) is 2. The molecule has 1 aliphatic heterocycles. The highest BCUT2D eigenvalue weighted by atomic mass is 32.2. The molecule has 1 saturated heterocycles. The van der Waals surface area contributed by atoms with Gasteiger partial charge in [-0.2, -0.15) is 9.40 Å². The second kappa shape index (κ2) is 9.84. The van der Waals surface area contributed by atoms with Gasteiger partial charge < -0.3 is 15.0 Å². The fourth-order valence-electron chi connectivity index (χ4n) is 4.44. The van der Waals surface area contributed by atoms with Crippen molar-refractivity contribution in [1.29, 1.82) is 0 Å². The van der Waals surface area contributed by atoms with Crippen LogP contribution in [-0.2, 0) is 17.1 Å². The van der Waals surface area contributed by atoms with Crippen LogP contribution in [0.2, 0.25) is 0 Å². The topological polar surface area (TPSA) is 122 Å². The minimum atomic E-state index is -3.75. The van der Waals surface area contributed by atoms with E-state index in [0.717, 1.165) is 18.5 Å². The van der Waals surface area contributed by atoms with Gasteiger partial charge in [-0.05, 0) is 38.1 Å². The summed E-state index contributed by atoms with van der Waals surface area (Å²) in [5, 5.41) is 7.76. The summed E-state index contributed by atoms with van der Waals surface area (Å²) in [5.41, 5.74) is 2.17. The van der Waals surface area contributed by atoms with Crippen molar-refractivity contribution < 1.29 is 13.2 Å². The lowest BCUT2D eigenvalue weighted by Gasteiger charge is -2.20. The number of benzene rings is 2. The van der Waals surface area contributed by atoms with Crippen LogP contribution in [0.3, 0.4) is 0 Å². The molecule has 0 unspecified atom stereocenters. The number of aromatic nitrogens is 4. The highest BCUT2D eigenvalue weighted by Gasteiger charge is 2.27. The molecule has 2 aromatic heterocycles. The van der Waals surface area contributed by atoms with Crippen LogP contribution in [0, 0.1) is 0 Å². The average Bonchev–Trinajstić information content (AvgIpc) is 3.04. The summed E-state index contributed by atoms with van der Waals surface area (Å²) >= 11 is 0. The van der Waals surface area contributed by atoms with Crippen LogP contribution in [0.4, 0.5) is 0 Å². The Labute approximate surface area is 209 Å². The van der Waals surface area contributed by atoms with E-state index in [0.29, 0.717) is 54.3 Å². The predicted molar refractivity (Wildman–Crippen MR) is 137 cm³/mol. The summed E-state index contributed by atoms with van der Waals surface area (Å²) in [5.74, 6) is 0.650. The minimum Gasteiger partial charge on any atom is -0.493 e. The third kappa shape index (κ3) is 4.41. The lowest BCUT2D eigenvalue weighted by molar-refractivity contribution is 0.341. The number of sulfonamides is 1. The molecule has 1 aliphatic rings. The SMILES string of the molecule is CCOc1ccc(S(=O)(=O)N2CCCNCC2)cc1-c1nc2c(-c3ccccc3)nn(C)c2c(=O)[nH]1. The van der Waals surface area contributed by atoms with Crippen LogP contribution in [0.15, 0.2) is 58.2 Å². The van der Waals surface area contributed by atoms with Crippen molar-refractivity contribution in [2.45, 2.75) is 18.2 Å². The van der Waals surface area contributed by atoms with Crippen molar-refractivity contribution in [2.24, 2.45) is 7.05 Å². The fourth-order valence-corrected chi connectivity index (χ4v) is 5.95. The molecule has 2 N–H and O–H groups in total. The Kier molecular flexibility index (Phi) is 6.61. The number of aromatic amines is 1. The molecule has 36 heavy (non-hydrogen) atoms. The van der Waals surface area contributed by atoms with Crippen molar-refractivity contribution in [3.05, 3.63) is 58.9 Å². The smallest absolute Gasteiger partial charge is 0.277 e. The van der Waals surface area contributed by atoms with Gasteiger partial charge in [0.1, 0.15) is 22.8 Å². The van der Waals surface area contributed by atoms with Gasteiger partial charge in [0.05, 0.1) is 17.1 Å². The summed E-state index contributed by atoms with van der Waals surface area (Å²) in [6, 6.07) is 14.2. The Hall–Kier alpha value is -3.54. The highest BCUT2D eigenvalue weighted by molar-refractivity contribution is 7.89. The molecule has 10 nitrogen and oxygen atoms in total. The Morgan fingerprint density at radius 3 is 2.67 bits per heavy atom. The van der Waals surface area contributed by atoms with Crippen LogP contribution < -0.4 is 15.6 Å². The first kappa shape index (κ1) is 24.2. The molecule has 4 aromatic rings. The second-order valence-corrected chi connectivity index (χ2v) is 10.5. The van der Waals surface area contributed by atoms with Gasteiger partial charge in [0.25, 0.3) is 5.56 Å². The maximum Gasteiger partial charge on any atom is 0.277 e. The van der Waals surface area contributed by atoms with Crippen molar-refractivity contribution in [3.63, 3.8) is 0 Å². The Morgan fingerprint density at radius 1 is 1.08 bits per heavy atom. The third-order valence-electron chi connectivity index (χ3n) is 6.18. The van der Waals surface area contributed by atoms with E-state index in [2.05, 4.69) is 15.4 Å². The first-order valence-electron chi connectivity index (χ1n) is 11.9. The maximum atomic E-state index is 13.5. The number of H-pyrrole nitrogens is 1. The Bertz CT molecular complexity index is 1550. The van der Waals surface area contributed by atoms with Crippen LogP contribution in [0.5, 0.6) is 5.75 Å². The maximum absolute atomic E-state index is 13.5. The monoisotopic (exact) mass is 508 g/mol. The number of ether oxygens (including phenoxy) is 1. The second-order valence-electron chi connectivity index (χ2n) is 8.55. The first-order valence-corrected chi connectivity index (χ1v) is 13.3. The van der Waals surface area contributed by atoms with Gasteiger partial charge in [0, 0.05) is 32.2 Å². The lowest BCUT2D eigenvalue weighted by Crippen LogP contribution is -2.34. The zero-order valence-corrected chi connectivity index (χ0v) is 21.0. The summed E-state index contributed by atoms with van der Waals surface area (Å²) in [6.07, 6.45) is 0.734. The van der Waals surface area contributed by atoms with Crippen molar-refractivity contribution in [2.75, 3.05) is 32.8 Å². The van der Waals surface area contributed by atoms with Gasteiger partial charge in [-0.3, -0.25) is 9.48 Å². The van der Waals surface area contributed by atoms with E-state index in [1.807, 2.05) is 37.3 Å². The Balaban J connectivity index is 1.68. The van der Waals surface area contributed by atoms with Crippen LogP contribution in [-0.4, -0.2) is 65.3 Å². The van der Waals surface area contributed by atoms with Crippen molar-refractivity contribution >= 4 is 21.1 Å². The van der Waals surface area contributed by atoms with Gasteiger partial charge in [-0.1, -0.05) is 30.3 Å². The average molecular weight is 509 g/mol. The summed E-state index contributed by atoms with van der Waals surface area (Å²) < 4.78 is 35.7. The highest BCUT2D eigenvalue weighted by Crippen LogP contribution is 2.33. The van der Waals surface area contributed by atoms with E-state index in [9.17, 15) is 13.2 Å². The number of nitrogens with zero attached hydrogens (tertiary/aromatic N) is 4. The number of fused-ring (bicyclic) bond motifs is 1. The van der Waals surface area contributed by atoms with E-state index in [-0.39, 0.29) is 16.3 Å². The number of hydrogen-bond acceptors (Lipinski definition) is 7. The standard InChI is InChI=1S/C25H28N6O4S/c1-3-35-20-11-10-18(36(33,34)31-14-7-12-26-13-15-31)16-19(20)24-27-22-21(17-8-5-4-6-9-17)29-30(2)23(22)25(32)28-24/h4-6,8-11,16,26H,3,7,12-15H2,1-2H3,(H,27,28,32). The van der Waals surface area contributed by atoms with Gasteiger partial charge in [0.2, 0.25) is 10.0 Å². The van der Waals surface area contributed by atoms with Crippen molar-refractivity contribution in [1.82, 2.24) is 29.4 Å². The van der Waals surface area contributed by atoms with Gasteiger partial charge in [0.15, 0.2) is 5.52 Å². The van der Waals surface area contributed by atoms with E-state index in [1.54, 1.807) is 13.1 Å².